The first-order valence-corrected chi connectivity index (χ1v) is 30.2. The average Bonchev–Trinajstić information content (AvgIpc) is 1.77. The highest BCUT2D eigenvalue weighted by atomic mass is 19.1. The van der Waals surface area contributed by atoms with Crippen molar-refractivity contribution in [3.8, 4) is 0 Å². The number of rotatable bonds is 18. The Morgan fingerprint density at radius 3 is 1.38 bits per heavy atom. The molecule has 2 aromatic carbocycles. The Balaban J connectivity index is 0.686. The number of piperazine rings is 2. The molecule has 0 saturated carbocycles. The van der Waals surface area contributed by atoms with Gasteiger partial charge in [-0.1, -0.05) is 52.0 Å². The molecule has 10 rings (SSSR count). The van der Waals surface area contributed by atoms with Crippen molar-refractivity contribution >= 4 is 35.0 Å². The van der Waals surface area contributed by atoms with Gasteiger partial charge in [-0.15, -0.1) is 0 Å². The van der Waals surface area contributed by atoms with E-state index in [9.17, 15) is 37.5 Å². The number of amides is 4. The lowest BCUT2D eigenvalue weighted by atomic mass is 9.91. The summed E-state index contributed by atoms with van der Waals surface area (Å²) in [6, 6.07) is 16.1. The van der Waals surface area contributed by atoms with Crippen molar-refractivity contribution in [3.63, 3.8) is 0 Å². The third-order valence-corrected chi connectivity index (χ3v) is 18.1. The monoisotopic (exact) mass is 1180 g/mol. The topological polar surface area (TPSA) is 202 Å². The minimum absolute atomic E-state index is 0.0155. The van der Waals surface area contributed by atoms with Gasteiger partial charge in [0.2, 0.25) is 11.8 Å². The van der Waals surface area contributed by atoms with Crippen LogP contribution in [-0.2, 0) is 52.3 Å². The number of morpholine rings is 2. The van der Waals surface area contributed by atoms with Gasteiger partial charge in [0.1, 0.15) is 23.8 Å². The number of hydrogen-bond acceptors (Lipinski definition) is 14. The second kappa shape index (κ2) is 26.0. The molecule has 8 heterocycles. The molecule has 6 aliphatic heterocycles. The Hall–Kier alpha value is -6.24. The van der Waals surface area contributed by atoms with Gasteiger partial charge in [-0.25, -0.2) is 8.78 Å². The summed E-state index contributed by atoms with van der Waals surface area (Å²) in [5, 5.41) is 7.19. The number of nitrogens with one attached hydrogen (secondary N) is 4. The molecule has 0 aliphatic carbocycles. The van der Waals surface area contributed by atoms with Gasteiger partial charge in [0.15, 0.2) is 0 Å². The van der Waals surface area contributed by atoms with Crippen molar-refractivity contribution in [2.75, 3.05) is 142 Å². The first-order valence-electron chi connectivity index (χ1n) is 30.2. The van der Waals surface area contributed by atoms with E-state index in [1.807, 2.05) is 39.8 Å². The number of halogens is 2. The SMILES string of the molecule is C[C@@H]1CN(CC(=O)N2CC(C)(C)c3[nH]c(=O)c(Cc4ccc(F)cc4)cc32)[C@@H](CN2CCO[C@H](C(=O)N(C)CCCN(C)C(=O)[C@@H]3CN(C[C@H]4CN[C@H](C)CN4CC(=O)N4CC(C)(C)c5[nH]c(=O)c(Cc6ccc(F)cc6)cc54)CCO3)C2)CN1. The van der Waals surface area contributed by atoms with Gasteiger partial charge in [-0.05, 0) is 67.8 Å². The number of anilines is 2. The van der Waals surface area contributed by atoms with Crippen molar-refractivity contribution in [1.82, 2.24) is 50.0 Å². The van der Waals surface area contributed by atoms with Crippen LogP contribution in [0.15, 0.2) is 70.3 Å². The molecule has 4 fully saturated rings. The second-order valence-corrected chi connectivity index (χ2v) is 26.0. The summed E-state index contributed by atoms with van der Waals surface area (Å²) in [5.41, 5.74) is 4.07. The summed E-state index contributed by atoms with van der Waals surface area (Å²) < 4.78 is 39.5. The number of carbonyl (C=O) groups is 4. The van der Waals surface area contributed by atoms with E-state index >= 15 is 0 Å². The van der Waals surface area contributed by atoms with Crippen LogP contribution in [0.3, 0.4) is 0 Å². The molecule has 4 aromatic rings. The minimum atomic E-state index is -0.666. The molecule has 0 radical (unpaired) electrons. The number of benzene rings is 2. The van der Waals surface area contributed by atoms with Crippen LogP contribution >= 0.6 is 0 Å². The summed E-state index contributed by atoms with van der Waals surface area (Å²) in [6.07, 6.45) is -0.171. The maximum atomic E-state index is 14.4. The Bertz CT molecular complexity index is 2980. The van der Waals surface area contributed by atoms with E-state index in [1.165, 1.54) is 24.3 Å². The van der Waals surface area contributed by atoms with E-state index in [0.29, 0.717) is 147 Å². The second-order valence-electron chi connectivity index (χ2n) is 26.0. The number of nitrogens with zero attached hydrogens (tertiary/aromatic N) is 8. The van der Waals surface area contributed by atoms with Crippen LogP contribution in [0, 0.1) is 11.6 Å². The summed E-state index contributed by atoms with van der Waals surface area (Å²) >= 11 is 0. The molecule has 0 unspecified atom stereocenters. The molecule has 4 N–H and O–H groups in total. The van der Waals surface area contributed by atoms with E-state index in [0.717, 1.165) is 22.5 Å². The van der Waals surface area contributed by atoms with Gasteiger partial charge in [0, 0.05) is 176 Å². The quantitative estimate of drug-likeness (QED) is 0.113. The lowest BCUT2D eigenvalue weighted by Crippen LogP contribution is -2.62. The maximum Gasteiger partial charge on any atom is 0.252 e. The Kier molecular flexibility index (Phi) is 18.9. The zero-order chi connectivity index (χ0) is 60.5. The highest BCUT2D eigenvalue weighted by Gasteiger charge is 2.44. The van der Waals surface area contributed by atoms with E-state index < -0.39 is 23.0 Å². The van der Waals surface area contributed by atoms with Crippen LogP contribution in [0.5, 0.6) is 0 Å². The lowest BCUT2D eigenvalue weighted by molar-refractivity contribution is -0.149. The van der Waals surface area contributed by atoms with Gasteiger partial charge in [0.25, 0.3) is 22.9 Å². The number of fused-ring (bicyclic) bond motifs is 2. The molecule has 6 aliphatic rings. The number of hydrogen-bond donors (Lipinski definition) is 4. The third kappa shape index (κ3) is 14.4. The predicted molar refractivity (Wildman–Crippen MR) is 321 cm³/mol. The Morgan fingerprint density at radius 1 is 0.600 bits per heavy atom. The average molecular weight is 1180 g/mol. The summed E-state index contributed by atoms with van der Waals surface area (Å²) in [5.74, 6) is -1.06. The lowest BCUT2D eigenvalue weighted by Gasteiger charge is -2.43. The van der Waals surface area contributed by atoms with E-state index in [-0.39, 0.29) is 83.6 Å². The van der Waals surface area contributed by atoms with E-state index in [1.54, 1.807) is 58.0 Å². The number of ether oxygens (including phenoxy) is 2. The highest BCUT2D eigenvalue weighted by Crippen LogP contribution is 2.41. The smallest absolute Gasteiger partial charge is 0.252 e. The van der Waals surface area contributed by atoms with Crippen LogP contribution in [0.4, 0.5) is 20.2 Å². The largest absolute Gasteiger partial charge is 0.366 e. The fourth-order valence-corrected chi connectivity index (χ4v) is 13.3. The standard InChI is InChI=1S/C63H86F2N12O8/c1-40-30-74(36-54(78)76-38-62(3,4)56-50(76)26-44(58(80)68-56)24-42-10-14-46(64)15-11-42)48(28-66-40)32-72-20-22-84-52(34-72)60(82)70(7)18-9-19-71(8)61(83)53-35-73(21-23-85-53)33-49-29-67-41(2)31-75(49)37-55(79)77-39-63(5,6)57-51(77)27-45(59(81)69-57)25-43-12-16-47(65)17-13-43/h10-17,26-27,40-41,48-49,52-53,66-67H,9,18-25,28-39H2,1-8H3,(H,68,80)(H,69,81)/t40-,41-,48-,49-,52+,53+/m1/s1. The zero-order valence-electron chi connectivity index (χ0n) is 50.7. The van der Waals surface area contributed by atoms with Gasteiger partial charge in [0.05, 0.1) is 37.7 Å². The van der Waals surface area contributed by atoms with Gasteiger partial charge in [-0.3, -0.25) is 48.4 Å². The molecule has 22 heteroatoms. The number of aromatic amines is 2. The van der Waals surface area contributed by atoms with Crippen LogP contribution in [0.2, 0.25) is 0 Å². The molecular weight excluding hydrogens is 1090 g/mol. The third-order valence-electron chi connectivity index (χ3n) is 18.1. The molecule has 6 atom stereocenters. The molecular formula is C63H86F2N12O8. The zero-order valence-corrected chi connectivity index (χ0v) is 50.7. The van der Waals surface area contributed by atoms with Crippen LogP contribution in [-0.4, -0.2) is 231 Å². The Labute approximate surface area is 497 Å². The molecule has 460 valence electrons. The van der Waals surface area contributed by atoms with Crippen LogP contribution < -0.4 is 31.6 Å². The van der Waals surface area contributed by atoms with Crippen LogP contribution in [0.1, 0.15) is 81.6 Å². The number of H-pyrrole nitrogens is 2. The van der Waals surface area contributed by atoms with E-state index in [4.69, 9.17) is 9.47 Å². The van der Waals surface area contributed by atoms with Gasteiger partial charge < -0.3 is 49.7 Å². The molecule has 20 nitrogen and oxygen atoms in total. The van der Waals surface area contributed by atoms with Crippen LogP contribution in [0.25, 0.3) is 0 Å². The van der Waals surface area contributed by atoms with Crippen molar-refractivity contribution < 1.29 is 37.4 Å². The number of carbonyl (C=O) groups excluding carboxylic acids is 4. The summed E-state index contributed by atoms with van der Waals surface area (Å²) in [4.78, 5) is 105. The fraction of sp³-hybridized carbons (Fsp3) is 0.587. The molecule has 0 spiro atoms. The first kappa shape index (κ1) is 61.8. The fourth-order valence-electron chi connectivity index (χ4n) is 13.3. The predicted octanol–water partition coefficient (Wildman–Crippen LogP) is 2.50. The van der Waals surface area contributed by atoms with Gasteiger partial charge in [-0.2, -0.15) is 0 Å². The van der Waals surface area contributed by atoms with Crippen molar-refractivity contribution in [1.29, 1.82) is 0 Å². The summed E-state index contributed by atoms with van der Waals surface area (Å²) in [6.45, 7) is 21.1. The molecule has 4 saturated heterocycles. The number of likely N-dealkylation sites (N-methyl/N-ethyl adjacent to an activating group) is 2. The molecule has 2 aromatic heterocycles. The first-order chi connectivity index (χ1) is 40.5. The Morgan fingerprint density at radius 2 is 0.988 bits per heavy atom. The van der Waals surface area contributed by atoms with Crippen molar-refractivity contribution in [3.05, 3.63) is 127 Å². The highest BCUT2D eigenvalue weighted by molar-refractivity contribution is 5.98. The van der Waals surface area contributed by atoms with Crippen molar-refractivity contribution in [2.45, 2.75) is 108 Å². The molecule has 4 amide bonds. The molecule has 85 heavy (non-hydrogen) atoms. The van der Waals surface area contributed by atoms with Crippen molar-refractivity contribution in [2.24, 2.45) is 0 Å². The van der Waals surface area contributed by atoms with Gasteiger partial charge >= 0.3 is 0 Å². The summed E-state index contributed by atoms with van der Waals surface area (Å²) in [7, 11) is 3.54. The molecule has 0 bridgehead atoms. The minimum Gasteiger partial charge on any atom is -0.366 e. The maximum absolute atomic E-state index is 14.4. The van der Waals surface area contributed by atoms with E-state index in [2.05, 4.69) is 54.0 Å². The number of aromatic nitrogens is 2. The number of pyridine rings is 2. The normalized spacial score (nSPS) is 24.5.